The van der Waals surface area contributed by atoms with Crippen LogP contribution in [0.2, 0.25) is 0 Å². The molecule has 7 heteroatoms. The molecular weight excluding hydrogens is 266 g/mol. The van der Waals surface area contributed by atoms with E-state index in [9.17, 15) is 13.2 Å². The summed E-state index contributed by atoms with van der Waals surface area (Å²) >= 11 is 0. The van der Waals surface area contributed by atoms with Crippen molar-refractivity contribution in [2.24, 2.45) is 5.92 Å². The zero-order valence-electron chi connectivity index (χ0n) is 11.5. The van der Waals surface area contributed by atoms with Gasteiger partial charge in [0.05, 0.1) is 6.04 Å². The van der Waals surface area contributed by atoms with Crippen molar-refractivity contribution in [2.75, 3.05) is 0 Å². The van der Waals surface area contributed by atoms with E-state index >= 15 is 0 Å². The molecule has 3 nitrogen and oxygen atoms in total. The van der Waals surface area contributed by atoms with Crippen molar-refractivity contribution >= 4 is 13.3 Å². The van der Waals surface area contributed by atoms with Crippen molar-refractivity contribution in [1.82, 2.24) is 14.8 Å². The van der Waals surface area contributed by atoms with Crippen LogP contribution in [0.15, 0.2) is 30.7 Å². The van der Waals surface area contributed by atoms with Gasteiger partial charge in [0.1, 0.15) is 13.5 Å². The largest absolute Gasteiger partial charge is 0.433 e. The fourth-order valence-corrected chi connectivity index (χ4v) is 2.18. The molecule has 0 aliphatic heterocycles. The second-order valence-electron chi connectivity index (χ2n) is 5.16. The molecule has 106 valence electrons. The van der Waals surface area contributed by atoms with Crippen LogP contribution in [-0.2, 0) is 6.18 Å². The molecule has 1 atom stereocenters. The molecule has 0 aliphatic rings. The molecule has 0 bridgehead atoms. The summed E-state index contributed by atoms with van der Waals surface area (Å²) in [6.07, 6.45) is 0.480. The van der Waals surface area contributed by atoms with Crippen LogP contribution in [0.5, 0.6) is 0 Å². The average Bonchev–Trinajstić information content (AvgIpc) is 2.75. The van der Waals surface area contributed by atoms with Crippen LogP contribution < -0.4 is 5.46 Å². The Kier molecular flexibility index (Phi) is 3.88. The topological polar surface area (TPSA) is 30.7 Å². The highest BCUT2D eigenvalue weighted by atomic mass is 19.4. The maximum absolute atomic E-state index is 12.5. The highest BCUT2D eigenvalue weighted by Crippen LogP contribution is 2.30. The van der Waals surface area contributed by atoms with Crippen LogP contribution in [0.25, 0.3) is 0 Å². The average molecular weight is 281 g/mol. The normalized spacial score (nSPS) is 13.7. The Balaban J connectivity index is 2.36. The summed E-state index contributed by atoms with van der Waals surface area (Å²) in [6, 6.07) is 2.36. The molecule has 2 heterocycles. The van der Waals surface area contributed by atoms with E-state index in [1.165, 1.54) is 12.3 Å². The molecule has 0 saturated heterocycles. The van der Waals surface area contributed by atoms with Crippen molar-refractivity contribution in [3.05, 3.63) is 42.0 Å². The Morgan fingerprint density at radius 1 is 1.20 bits per heavy atom. The number of nitrogens with zero attached hydrogens (tertiary/aromatic N) is 3. The third-order valence-corrected chi connectivity index (χ3v) is 3.07. The first-order valence-electron chi connectivity index (χ1n) is 6.33. The van der Waals surface area contributed by atoms with Crippen molar-refractivity contribution in [3.8, 4) is 0 Å². The van der Waals surface area contributed by atoms with Crippen molar-refractivity contribution < 1.29 is 13.2 Å². The molecule has 0 saturated carbocycles. The molecule has 2 rings (SSSR count). The summed E-state index contributed by atoms with van der Waals surface area (Å²) in [5.41, 5.74) is 0.854. The van der Waals surface area contributed by atoms with Crippen LogP contribution in [0.1, 0.15) is 31.1 Å². The third-order valence-electron chi connectivity index (χ3n) is 3.07. The van der Waals surface area contributed by atoms with Crippen molar-refractivity contribution in [1.29, 1.82) is 0 Å². The Hall–Kier alpha value is -1.79. The van der Waals surface area contributed by atoms with Gasteiger partial charge in [0.25, 0.3) is 0 Å². The fourth-order valence-electron chi connectivity index (χ4n) is 2.18. The van der Waals surface area contributed by atoms with Gasteiger partial charge in [0.15, 0.2) is 0 Å². The van der Waals surface area contributed by atoms with Gasteiger partial charge in [-0.25, -0.2) is 0 Å². The Morgan fingerprint density at radius 3 is 2.30 bits per heavy atom. The standard InChI is InChI=1S/C13H15BF3N3/c1-8(2)12(20-7-10(14)6-19-20)9-3-4-11(18-5-9)13(15,16)17/h3-8,12H,14H2,1-2H3. The fraction of sp³-hybridized carbons (Fsp3) is 0.385. The van der Waals surface area contributed by atoms with Crippen molar-refractivity contribution in [2.45, 2.75) is 26.1 Å². The van der Waals surface area contributed by atoms with Crippen LogP contribution in [-0.4, -0.2) is 22.6 Å². The lowest BCUT2D eigenvalue weighted by Crippen LogP contribution is -2.18. The first-order chi connectivity index (χ1) is 9.29. The number of hydrogen-bond acceptors (Lipinski definition) is 2. The van der Waals surface area contributed by atoms with Gasteiger partial charge in [0.2, 0.25) is 0 Å². The highest BCUT2D eigenvalue weighted by Gasteiger charge is 2.32. The number of hydrogen-bond donors (Lipinski definition) is 0. The van der Waals surface area contributed by atoms with Gasteiger partial charge in [-0.1, -0.05) is 25.4 Å². The minimum absolute atomic E-state index is 0.126. The summed E-state index contributed by atoms with van der Waals surface area (Å²) in [7, 11) is 1.92. The maximum Gasteiger partial charge on any atom is 0.433 e. The molecule has 0 fully saturated rings. The molecule has 20 heavy (non-hydrogen) atoms. The SMILES string of the molecule is Bc1cnn(C(c2ccc(C(F)(F)F)nc2)C(C)C)c1. The Morgan fingerprint density at radius 2 is 1.90 bits per heavy atom. The van der Waals surface area contributed by atoms with E-state index in [0.717, 1.165) is 17.1 Å². The van der Waals surface area contributed by atoms with Gasteiger partial charge in [-0.15, -0.1) is 0 Å². The van der Waals surface area contributed by atoms with E-state index in [1.54, 1.807) is 10.9 Å². The third kappa shape index (κ3) is 3.03. The second-order valence-corrected chi connectivity index (χ2v) is 5.16. The molecule has 2 aromatic heterocycles. The summed E-state index contributed by atoms with van der Waals surface area (Å²) in [5, 5.41) is 4.25. The monoisotopic (exact) mass is 281 g/mol. The predicted molar refractivity (Wildman–Crippen MR) is 72.6 cm³/mol. The van der Waals surface area contributed by atoms with E-state index in [1.807, 2.05) is 27.9 Å². The van der Waals surface area contributed by atoms with Gasteiger partial charge in [0, 0.05) is 18.6 Å². The number of aromatic nitrogens is 3. The molecular formula is C13H15BF3N3. The number of pyridine rings is 1. The Bertz CT molecular complexity index is 575. The van der Waals surface area contributed by atoms with Crippen LogP contribution in [0.4, 0.5) is 13.2 Å². The lowest BCUT2D eigenvalue weighted by Gasteiger charge is -2.22. The molecule has 2 aromatic rings. The van der Waals surface area contributed by atoms with Crippen LogP contribution in [0.3, 0.4) is 0 Å². The first kappa shape index (κ1) is 14.6. The zero-order chi connectivity index (χ0) is 14.9. The van der Waals surface area contributed by atoms with Gasteiger partial charge in [-0.2, -0.15) is 18.3 Å². The maximum atomic E-state index is 12.5. The smallest absolute Gasteiger partial charge is 0.266 e. The summed E-state index contributed by atoms with van der Waals surface area (Å²) in [5.74, 6) is 0.188. The van der Waals surface area contributed by atoms with Crippen molar-refractivity contribution in [3.63, 3.8) is 0 Å². The first-order valence-corrected chi connectivity index (χ1v) is 6.33. The number of halogens is 3. The highest BCUT2D eigenvalue weighted by molar-refractivity contribution is 6.31. The van der Waals surface area contributed by atoms with Gasteiger partial charge in [-0.05, 0) is 17.5 Å². The van der Waals surface area contributed by atoms with Gasteiger partial charge < -0.3 is 0 Å². The number of alkyl halides is 3. The minimum Gasteiger partial charge on any atom is -0.266 e. The van der Waals surface area contributed by atoms with E-state index in [4.69, 9.17) is 0 Å². The molecule has 1 unspecified atom stereocenters. The number of rotatable bonds is 3. The van der Waals surface area contributed by atoms with E-state index in [2.05, 4.69) is 10.1 Å². The molecule has 0 aromatic carbocycles. The summed E-state index contributed by atoms with van der Waals surface area (Å²) < 4.78 is 39.3. The quantitative estimate of drug-likeness (QED) is 0.803. The summed E-state index contributed by atoms with van der Waals surface area (Å²) in [4.78, 5) is 3.52. The lowest BCUT2D eigenvalue weighted by molar-refractivity contribution is -0.141. The predicted octanol–water partition coefficient (Wildman–Crippen LogP) is 1.80. The minimum atomic E-state index is -4.41. The zero-order valence-corrected chi connectivity index (χ0v) is 11.5. The molecule has 0 aliphatic carbocycles. The van der Waals surface area contributed by atoms with Crippen LogP contribution >= 0.6 is 0 Å². The molecule has 0 N–H and O–H groups in total. The lowest BCUT2D eigenvalue weighted by atomic mass is 9.96. The molecule has 0 radical (unpaired) electrons. The van der Waals surface area contributed by atoms with E-state index < -0.39 is 11.9 Å². The Labute approximate surface area is 116 Å². The van der Waals surface area contributed by atoms with Crippen LogP contribution in [0, 0.1) is 5.92 Å². The summed E-state index contributed by atoms with van der Waals surface area (Å²) in [6.45, 7) is 4.00. The second kappa shape index (κ2) is 5.30. The van der Waals surface area contributed by atoms with E-state index in [-0.39, 0.29) is 12.0 Å². The van der Waals surface area contributed by atoms with Gasteiger partial charge >= 0.3 is 6.18 Å². The molecule has 0 spiro atoms. The molecule has 0 amide bonds. The van der Waals surface area contributed by atoms with E-state index in [0.29, 0.717) is 0 Å². The van der Waals surface area contributed by atoms with Gasteiger partial charge in [-0.3, -0.25) is 9.67 Å².